The van der Waals surface area contributed by atoms with Gasteiger partial charge in [-0.15, -0.1) is 0 Å². The molecule has 1 amide bonds. The predicted octanol–water partition coefficient (Wildman–Crippen LogP) is 5.26. The van der Waals surface area contributed by atoms with Crippen molar-refractivity contribution in [3.05, 3.63) is 82.1 Å². The van der Waals surface area contributed by atoms with Crippen molar-refractivity contribution in [2.75, 3.05) is 11.4 Å². The zero-order chi connectivity index (χ0) is 17.4. The smallest absolute Gasteiger partial charge is 0.258 e. The fourth-order valence-corrected chi connectivity index (χ4v) is 3.42. The second-order valence-corrected chi connectivity index (χ2v) is 6.73. The van der Waals surface area contributed by atoms with Crippen LogP contribution in [0, 0.1) is 0 Å². The largest absolute Gasteiger partial charge is 0.308 e. The summed E-state index contributed by atoms with van der Waals surface area (Å²) in [6, 6.07) is 15.1. The van der Waals surface area contributed by atoms with Crippen molar-refractivity contribution in [3.8, 4) is 11.1 Å². The van der Waals surface area contributed by atoms with E-state index in [0.717, 1.165) is 23.2 Å². The highest BCUT2D eigenvalue weighted by Crippen LogP contribution is 2.33. The number of carbonyl (C=O) groups is 1. The Morgan fingerprint density at radius 3 is 2.48 bits per heavy atom. The van der Waals surface area contributed by atoms with E-state index in [-0.39, 0.29) is 5.91 Å². The highest BCUT2D eigenvalue weighted by atomic mass is 35.5. The molecule has 0 saturated carbocycles. The molecular weight excluding hydrogens is 355 g/mol. The average molecular weight is 369 g/mol. The molecule has 2 aromatic carbocycles. The van der Waals surface area contributed by atoms with Gasteiger partial charge in [0.15, 0.2) is 0 Å². The first kappa shape index (κ1) is 16.1. The summed E-state index contributed by atoms with van der Waals surface area (Å²) in [6.07, 6.45) is 4.40. The first-order valence-corrected chi connectivity index (χ1v) is 8.69. The number of fused-ring (bicyclic) bond motifs is 1. The number of aromatic nitrogens is 1. The van der Waals surface area contributed by atoms with Gasteiger partial charge in [-0.3, -0.25) is 9.78 Å². The van der Waals surface area contributed by atoms with E-state index in [0.29, 0.717) is 22.2 Å². The van der Waals surface area contributed by atoms with Gasteiger partial charge in [-0.05, 0) is 65.6 Å². The Balaban J connectivity index is 1.66. The van der Waals surface area contributed by atoms with Crippen molar-refractivity contribution in [1.82, 2.24) is 4.98 Å². The number of rotatable bonds is 2. The first-order valence-electron chi connectivity index (χ1n) is 7.94. The van der Waals surface area contributed by atoms with Crippen LogP contribution in [-0.4, -0.2) is 17.4 Å². The first-order chi connectivity index (χ1) is 12.1. The fraction of sp³-hybridized carbons (Fsp3) is 0.100. The summed E-state index contributed by atoms with van der Waals surface area (Å²) in [7, 11) is 0. The maximum Gasteiger partial charge on any atom is 0.258 e. The summed E-state index contributed by atoms with van der Waals surface area (Å²) in [5.74, 6) is -0.0611. The highest BCUT2D eigenvalue weighted by Gasteiger charge is 2.26. The van der Waals surface area contributed by atoms with Gasteiger partial charge in [0.1, 0.15) is 0 Å². The molecule has 0 atom stereocenters. The van der Waals surface area contributed by atoms with Crippen LogP contribution in [0.5, 0.6) is 0 Å². The molecule has 4 rings (SSSR count). The van der Waals surface area contributed by atoms with Gasteiger partial charge >= 0.3 is 0 Å². The molecule has 0 N–H and O–H groups in total. The Morgan fingerprint density at radius 2 is 1.72 bits per heavy atom. The van der Waals surface area contributed by atoms with E-state index >= 15 is 0 Å². The molecule has 0 fully saturated rings. The lowest BCUT2D eigenvalue weighted by Crippen LogP contribution is -2.28. The van der Waals surface area contributed by atoms with E-state index in [4.69, 9.17) is 23.2 Å². The summed E-state index contributed by atoms with van der Waals surface area (Å²) < 4.78 is 0. The Hall–Kier alpha value is -2.36. The lowest BCUT2D eigenvalue weighted by molar-refractivity contribution is 0.0989. The molecule has 0 spiro atoms. The third-order valence-electron chi connectivity index (χ3n) is 4.40. The van der Waals surface area contributed by atoms with Crippen molar-refractivity contribution in [3.63, 3.8) is 0 Å². The van der Waals surface area contributed by atoms with Crippen molar-refractivity contribution >= 4 is 34.8 Å². The van der Waals surface area contributed by atoms with Gasteiger partial charge in [0, 0.05) is 30.2 Å². The maximum atomic E-state index is 12.8. The molecular formula is C20H14Cl2N2O. The van der Waals surface area contributed by atoms with Crippen LogP contribution in [-0.2, 0) is 6.42 Å². The van der Waals surface area contributed by atoms with Crippen LogP contribution in [0.15, 0.2) is 60.9 Å². The molecule has 0 saturated heterocycles. The number of amides is 1. The Kier molecular flexibility index (Phi) is 4.20. The molecule has 2 heterocycles. The molecule has 0 unspecified atom stereocenters. The van der Waals surface area contributed by atoms with E-state index in [1.165, 1.54) is 5.56 Å². The lowest BCUT2D eigenvalue weighted by Gasteiger charge is -2.18. The zero-order valence-corrected chi connectivity index (χ0v) is 14.8. The minimum absolute atomic E-state index is 0.0611. The Morgan fingerprint density at radius 1 is 0.920 bits per heavy atom. The van der Waals surface area contributed by atoms with Crippen molar-refractivity contribution in [1.29, 1.82) is 0 Å². The Labute approximate surface area is 155 Å². The summed E-state index contributed by atoms with van der Waals surface area (Å²) in [4.78, 5) is 18.7. The van der Waals surface area contributed by atoms with E-state index in [1.807, 2.05) is 24.3 Å². The van der Waals surface area contributed by atoms with Crippen LogP contribution in [0.3, 0.4) is 0 Å². The second-order valence-electron chi connectivity index (χ2n) is 5.92. The van der Waals surface area contributed by atoms with Crippen LogP contribution < -0.4 is 4.90 Å². The van der Waals surface area contributed by atoms with Crippen LogP contribution in [0.1, 0.15) is 15.9 Å². The van der Waals surface area contributed by atoms with Crippen molar-refractivity contribution < 1.29 is 4.79 Å². The van der Waals surface area contributed by atoms with Gasteiger partial charge in [-0.25, -0.2) is 0 Å². The molecule has 5 heteroatoms. The van der Waals surface area contributed by atoms with E-state index < -0.39 is 0 Å². The number of anilines is 1. The average Bonchev–Trinajstić information content (AvgIpc) is 3.07. The molecule has 1 aliphatic rings. The molecule has 0 radical (unpaired) electrons. The van der Waals surface area contributed by atoms with Gasteiger partial charge in [0.2, 0.25) is 0 Å². The fourth-order valence-electron chi connectivity index (χ4n) is 3.12. The third kappa shape index (κ3) is 3.01. The minimum atomic E-state index is -0.0611. The molecule has 0 aliphatic carbocycles. The second kappa shape index (κ2) is 6.51. The van der Waals surface area contributed by atoms with Crippen LogP contribution >= 0.6 is 23.2 Å². The normalized spacial score (nSPS) is 13.0. The standard InChI is InChI=1S/C20H14Cl2N2O/c21-17-3-1-16(12-18(17)22)20(25)24-10-7-15-11-14(2-4-19(15)24)13-5-8-23-9-6-13/h1-6,8-9,11-12H,7,10H2. The van der Waals surface area contributed by atoms with Crippen molar-refractivity contribution in [2.24, 2.45) is 0 Å². The number of halogens is 2. The van der Waals surface area contributed by atoms with E-state index in [1.54, 1.807) is 35.5 Å². The van der Waals surface area contributed by atoms with Crippen LogP contribution in [0.2, 0.25) is 10.0 Å². The predicted molar refractivity (Wildman–Crippen MR) is 102 cm³/mol. The number of carbonyl (C=O) groups excluding carboxylic acids is 1. The number of hydrogen-bond donors (Lipinski definition) is 0. The van der Waals surface area contributed by atoms with Gasteiger partial charge in [-0.1, -0.05) is 29.3 Å². The van der Waals surface area contributed by atoms with Gasteiger partial charge in [0.25, 0.3) is 5.91 Å². The van der Waals surface area contributed by atoms with Crippen LogP contribution in [0.25, 0.3) is 11.1 Å². The van der Waals surface area contributed by atoms with Gasteiger partial charge < -0.3 is 4.90 Å². The molecule has 0 bridgehead atoms. The quantitative estimate of drug-likeness (QED) is 0.618. The maximum absolute atomic E-state index is 12.8. The Bertz CT molecular complexity index is 957. The molecule has 3 nitrogen and oxygen atoms in total. The lowest BCUT2D eigenvalue weighted by atomic mass is 10.0. The van der Waals surface area contributed by atoms with Gasteiger partial charge in [0.05, 0.1) is 10.0 Å². The third-order valence-corrected chi connectivity index (χ3v) is 5.14. The molecule has 25 heavy (non-hydrogen) atoms. The van der Waals surface area contributed by atoms with Crippen molar-refractivity contribution in [2.45, 2.75) is 6.42 Å². The monoisotopic (exact) mass is 368 g/mol. The minimum Gasteiger partial charge on any atom is -0.308 e. The summed E-state index contributed by atoms with van der Waals surface area (Å²) in [6.45, 7) is 0.661. The SMILES string of the molecule is O=C(c1ccc(Cl)c(Cl)c1)N1CCc2cc(-c3ccncc3)ccc21. The van der Waals surface area contributed by atoms with E-state index in [9.17, 15) is 4.79 Å². The summed E-state index contributed by atoms with van der Waals surface area (Å²) in [5, 5.41) is 0.835. The summed E-state index contributed by atoms with van der Waals surface area (Å²) >= 11 is 12.0. The summed E-state index contributed by atoms with van der Waals surface area (Å²) in [5.41, 5.74) is 4.91. The number of benzene rings is 2. The number of hydrogen-bond acceptors (Lipinski definition) is 2. The number of pyridine rings is 1. The molecule has 1 aromatic heterocycles. The highest BCUT2D eigenvalue weighted by molar-refractivity contribution is 6.42. The van der Waals surface area contributed by atoms with E-state index in [2.05, 4.69) is 11.1 Å². The molecule has 3 aromatic rings. The topological polar surface area (TPSA) is 33.2 Å². The van der Waals surface area contributed by atoms with Gasteiger partial charge in [-0.2, -0.15) is 0 Å². The molecule has 124 valence electrons. The molecule has 1 aliphatic heterocycles. The van der Waals surface area contributed by atoms with Crippen LogP contribution in [0.4, 0.5) is 5.69 Å². The zero-order valence-electron chi connectivity index (χ0n) is 13.2. The number of nitrogens with zero attached hydrogens (tertiary/aromatic N) is 2.